The van der Waals surface area contributed by atoms with Crippen molar-refractivity contribution < 1.29 is 8.83 Å². The number of hydrogen-bond acceptors (Lipinski definition) is 4. The van der Waals surface area contributed by atoms with Gasteiger partial charge >= 0.3 is 0 Å². The third kappa shape index (κ3) is 2.08. The monoisotopic (exact) mass is 272 g/mol. The molecule has 4 heteroatoms. The summed E-state index contributed by atoms with van der Waals surface area (Å²) in [5.74, 6) is 3.13. The van der Waals surface area contributed by atoms with Crippen LogP contribution in [-0.2, 0) is 6.54 Å². The van der Waals surface area contributed by atoms with Crippen molar-refractivity contribution in [3.63, 3.8) is 0 Å². The summed E-state index contributed by atoms with van der Waals surface area (Å²) in [5, 5.41) is 0. The van der Waals surface area contributed by atoms with E-state index >= 15 is 0 Å². The van der Waals surface area contributed by atoms with Crippen LogP contribution in [0.5, 0.6) is 0 Å². The number of aromatic nitrogens is 1. The Morgan fingerprint density at radius 1 is 1.40 bits per heavy atom. The van der Waals surface area contributed by atoms with Crippen molar-refractivity contribution in [3.8, 4) is 11.7 Å². The van der Waals surface area contributed by atoms with Crippen molar-refractivity contribution in [2.75, 3.05) is 6.54 Å². The lowest BCUT2D eigenvalue weighted by atomic mass is 9.90. The average molecular weight is 272 g/mol. The van der Waals surface area contributed by atoms with Gasteiger partial charge in [0.25, 0.3) is 5.89 Å². The van der Waals surface area contributed by atoms with Gasteiger partial charge in [0, 0.05) is 19.1 Å². The van der Waals surface area contributed by atoms with Gasteiger partial charge in [0.05, 0.1) is 12.0 Å². The summed E-state index contributed by atoms with van der Waals surface area (Å²) in [6.45, 7) is 4.14. The maximum atomic E-state index is 5.75. The van der Waals surface area contributed by atoms with Crippen LogP contribution >= 0.6 is 0 Å². The van der Waals surface area contributed by atoms with Crippen molar-refractivity contribution in [2.45, 2.75) is 45.2 Å². The van der Waals surface area contributed by atoms with Gasteiger partial charge in [0.15, 0.2) is 5.76 Å². The Balaban J connectivity index is 1.54. The van der Waals surface area contributed by atoms with Crippen LogP contribution in [0, 0.1) is 12.8 Å². The minimum atomic E-state index is 0.602. The summed E-state index contributed by atoms with van der Waals surface area (Å²) < 4.78 is 11.1. The van der Waals surface area contributed by atoms with Gasteiger partial charge in [-0.2, -0.15) is 0 Å². The Morgan fingerprint density at radius 2 is 2.35 bits per heavy atom. The molecule has 0 unspecified atom stereocenters. The second-order valence-corrected chi connectivity index (χ2v) is 6.12. The van der Waals surface area contributed by atoms with E-state index in [-0.39, 0.29) is 0 Å². The van der Waals surface area contributed by atoms with Crippen molar-refractivity contribution in [2.24, 2.45) is 5.92 Å². The van der Waals surface area contributed by atoms with E-state index in [1.165, 1.54) is 32.2 Å². The molecule has 4 rings (SSSR count). The average Bonchev–Trinajstić information content (AvgIpc) is 3.13. The SMILES string of the molecule is Cc1oc(-c2ccco2)nc1CN1C[C@H]2CCC[C@@H]1C2. The van der Waals surface area contributed by atoms with E-state index in [9.17, 15) is 0 Å². The first-order valence-corrected chi connectivity index (χ1v) is 7.54. The van der Waals surface area contributed by atoms with Crippen LogP contribution < -0.4 is 0 Å². The van der Waals surface area contributed by atoms with Crippen LogP contribution in [0.2, 0.25) is 0 Å². The molecule has 0 spiro atoms. The quantitative estimate of drug-likeness (QED) is 0.856. The third-order valence-electron chi connectivity index (χ3n) is 4.74. The number of fused-ring (bicyclic) bond motifs is 2. The number of rotatable bonds is 3. The standard InChI is InChI=1S/C16H20N2O2/c1-11-14(17-16(20-11)15-6-3-7-19-15)10-18-9-12-4-2-5-13(18)8-12/h3,6-7,12-13H,2,4-5,8-10H2,1H3/t12-,13+/m0/s1. The lowest BCUT2D eigenvalue weighted by Crippen LogP contribution is -2.28. The first kappa shape index (κ1) is 12.2. The van der Waals surface area contributed by atoms with Crippen LogP contribution in [0.15, 0.2) is 27.2 Å². The molecule has 2 atom stereocenters. The fraction of sp³-hybridized carbons (Fsp3) is 0.562. The van der Waals surface area contributed by atoms with E-state index in [0.717, 1.165) is 30.0 Å². The van der Waals surface area contributed by atoms with E-state index in [0.29, 0.717) is 11.7 Å². The molecule has 0 radical (unpaired) electrons. The van der Waals surface area contributed by atoms with Gasteiger partial charge in [-0.15, -0.1) is 0 Å². The Bertz CT molecular complexity index is 588. The van der Waals surface area contributed by atoms with Gasteiger partial charge < -0.3 is 8.83 Å². The second-order valence-electron chi connectivity index (χ2n) is 6.12. The van der Waals surface area contributed by atoms with Gasteiger partial charge in [-0.3, -0.25) is 4.90 Å². The molecule has 1 saturated heterocycles. The minimum absolute atomic E-state index is 0.602. The predicted octanol–water partition coefficient (Wildman–Crippen LogP) is 3.62. The van der Waals surface area contributed by atoms with E-state index in [1.807, 2.05) is 19.1 Å². The lowest BCUT2D eigenvalue weighted by molar-refractivity contribution is 0.233. The summed E-state index contributed by atoms with van der Waals surface area (Å²) in [5.41, 5.74) is 1.06. The van der Waals surface area contributed by atoms with Gasteiger partial charge in [-0.1, -0.05) is 6.42 Å². The molecule has 0 N–H and O–H groups in total. The van der Waals surface area contributed by atoms with Crippen molar-refractivity contribution in [3.05, 3.63) is 29.9 Å². The topological polar surface area (TPSA) is 42.4 Å². The molecule has 2 aromatic rings. The zero-order chi connectivity index (χ0) is 13.5. The fourth-order valence-corrected chi connectivity index (χ4v) is 3.71. The van der Waals surface area contributed by atoms with Crippen molar-refractivity contribution >= 4 is 0 Å². The first-order valence-electron chi connectivity index (χ1n) is 7.54. The number of nitrogens with zero attached hydrogens (tertiary/aromatic N) is 2. The zero-order valence-corrected chi connectivity index (χ0v) is 11.8. The molecule has 2 bridgehead atoms. The Kier molecular flexibility index (Phi) is 2.91. The fourth-order valence-electron chi connectivity index (χ4n) is 3.71. The summed E-state index contributed by atoms with van der Waals surface area (Å²) in [4.78, 5) is 7.22. The van der Waals surface area contributed by atoms with E-state index in [1.54, 1.807) is 6.26 Å². The normalized spacial score (nSPS) is 26.2. The molecule has 1 aliphatic carbocycles. The highest BCUT2D eigenvalue weighted by molar-refractivity contribution is 5.44. The Morgan fingerprint density at radius 3 is 3.15 bits per heavy atom. The summed E-state index contributed by atoms with van der Waals surface area (Å²) in [7, 11) is 0. The number of hydrogen-bond donors (Lipinski definition) is 0. The Labute approximate surface area is 118 Å². The van der Waals surface area contributed by atoms with Crippen molar-refractivity contribution in [1.82, 2.24) is 9.88 Å². The lowest BCUT2D eigenvalue weighted by Gasteiger charge is -2.23. The molecular formula is C16H20N2O2. The predicted molar refractivity (Wildman–Crippen MR) is 75.1 cm³/mol. The van der Waals surface area contributed by atoms with Crippen LogP contribution in [-0.4, -0.2) is 22.5 Å². The number of oxazole rings is 1. The molecule has 1 saturated carbocycles. The summed E-state index contributed by atoms with van der Waals surface area (Å²) in [6, 6.07) is 4.51. The van der Waals surface area contributed by atoms with E-state index < -0.39 is 0 Å². The molecule has 2 aliphatic rings. The molecule has 106 valence electrons. The molecular weight excluding hydrogens is 252 g/mol. The highest BCUT2D eigenvalue weighted by atomic mass is 16.4. The first-order chi connectivity index (χ1) is 9.79. The molecule has 2 fully saturated rings. The highest BCUT2D eigenvalue weighted by Crippen LogP contribution is 2.36. The van der Waals surface area contributed by atoms with Gasteiger partial charge in [-0.25, -0.2) is 4.98 Å². The molecule has 1 aliphatic heterocycles. The zero-order valence-electron chi connectivity index (χ0n) is 11.8. The number of likely N-dealkylation sites (tertiary alicyclic amines) is 1. The van der Waals surface area contributed by atoms with Gasteiger partial charge in [0.1, 0.15) is 5.76 Å². The summed E-state index contributed by atoms with van der Waals surface area (Å²) >= 11 is 0. The van der Waals surface area contributed by atoms with Gasteiger partial charge in [0.2, 0.25) is 0 Å². The summed E-state index contributed by atoms with van der Waals surface area (Å²) in [6.07, 6.45) is 7.17. The van der Waals surface area contributed by atoms with Crippen LogP contribution in [0.3, 0.4) is 0 Å². The number of furan rings is 1. The van der Waals surface area contributed by atoms with Crippen LogP contribution in [0.4, 0.5) is 0 Å². The van der Waals surface area contributed by atoms with Crippen LogP contribution in [0.25, 0.3) is 11.7 Å². The smallest absolute Gasteiger partial charge is 0.263 e. The largest absolute Gasteiger partial charge is 0.459 e. The molecule has 20 heavy (non-hydrogen) atoms. The second kappa shape index (κ2) is 4.77. The molecule has 0 aromatic carbocycles. The Hall–Kier alpha value is -1.55. The van der Waals surface area contributed by atoms with E-state index in [4.69, 9.17) is 8.83 Å². The van der Waals surface area contributed by atoms with Crippen molar-refractivity contribution in [1.29, 1.82) is 0 Å². The molecule has 2 aromatic heterocycles. The minimum Gasteiger partial charge on any atom is -0.459 e. The van der Waals surface area contributed by atoms with Gasteiger partial charge in [-0.05, 0) is 44.2 Å². The molecule has 4 nitrogen and oxygen atoms in total. The maximum Gasteiger partial charge on any atom is 0.263 e. The number of aryl methyl sites for hydroxylation is 1. The maximum absolute atomic E-state index is 5.75. The molecule has 0 amide bonds. The third-order valence-corrected chi connectivity index (χ3v) is 4.74. The van der Waals surface area contributed by atoms with Crippen LogP contribution in [0.1, 0.15) is 37.1 Å². The van der Waals surface area contributed by atoms with E-state index in [2.05, 4.69) is 9.88 Å². The molecule has 3 heterocycles. The highest BCUT2D eigenvalue weighted by Gasteiger charge is 2.35.